The number of aromatic nitrogens is 2. The van der Waals surface area contributed by atoms with Crippen LogP contribution in [0.5, 0.6) is 0 Å². The monoisotopic (exact) mass is 420 g/mol. The molecule has 1 amide bonds. The Labute approximate surface area is 166 Å². The minimum absolute atomic E-state index is 0.179. The summed E-state index contributed by atoms with van der Waals surface area (Å²) in [4.78, 5) is 12.6. The van der Waals surface area contributed by atoms with Crippen LogP contribution in [0.25, 0.3) is 0 Å². The van der Waals surface area contributed by atoms with E-state index in [9.17, 15) is 22.0 Å². The van der Waals surface area contributed by atoms with E-state index < -0.39 is 32.6 Å². The highest BCUT2D eigenvalue weighted by atomic mass is 32.2. The van der Waals surface area contributed by atoms with Gasteiger partial charge in [-0.25, -0.2) is 8.78 Å². The summed E-state index contributed by atoms with van der Waals surface area (Å²) in [5.41, 5.74) is 1.52. The Kier molecular flexibility index (Phi) is 5.64. The molecule has 0 saturated carbocycles. The Morgan fingerprint density at radius 2 is 1.69 bits per heavy atom. The van der Waals surface area contributed by atoms with Crippen molar-refractivity contribution in [3.05, 3.63) is 76.5 Å². The quantitative estimate of drug-likeness (QED) is 0.570. The van der Waals surface area contributed by atoms with Crippen molar-refractivity contribution in [2.75, 3.05) is 4.72 Å². The largest absolute Gasteiger partial charge is 0.348 e. The number of nitrogens with one attached hydrogen (secondary N) is 3. The van der Waals surface area contributed by atoms with Gasteiger partial charge in [-0.2, -0.15) is 13.5 Å². The Hall–Kier alpha value is -3.27. The number of sulfonamides is 1. The van der Waals surface area contributed by atoms with E-state index in [0.29, 0.717) is 11.8 Å². The first-order chi connectivity index (χ1) is 13.7. The van der Waals surface area contributed by atoms with E-state index in [-0.39, 0.29) is 23.4 Å². The Morgan fingerprint density at radius 1 is 1.07 bits per heavy atom. The predicted octanol–water partition coefficient (Wildman–Crippen LogP) is 3.04. The fourth-order valence-electron chi connectivity index (χ4n) is 2.68. The van der Waals surface area contributed by atoms with Crippen LogP contribution in [0.15, 0.2) is 47.5 Å². The molecule has 0 aliphatic heterocycles. The van der Waals surface area contributed by atoms with Gasteiger partial charge in [0, 0.05) is 24.0 Å². The molecular weight excluding hydrogens is 402 g/mol. The molecule has 0 atom stereocenters. The number of aryl methyl sites for hydroxylation is 2. The summed E-state index contributed by atoms with van der Waals surface area (Å²) >= 11 is 0. The molecule has 0 spiro atoms. The highest BCUT2D eigenvalue weighted by molar-refractivity contribution is 7.92. The summed E-state index contributed by atoms with van der Waals surface area (Å²) in [6.07, 6.45) is 0. The van der Waals surface area contributed by atoms with Crippen LogP contribution in [0.1, 0.15) is 27.2 Å². The number of carbonyl (C=O) groups excluding carboxylic acids is 1. The molecule has 0 aliphatic carbocycles. The molecule has 0 aliphatic rings. The number of hydrogen-bond donors (Lipinski definition) is 3. The summed E-state index contributed by atoms with van der Waals surface area (Å²) in [5, 5.41) is 8.22. The molecule has 1 heterocycles. The molecule has 0 fully saturated rings. The number of hydrogen-bond acceptors (Lipinski definition) is 4. The van der Waals surface area contributed by atoms with Gasteiger partial charge < -0.3 is 5.32 Å². The SMILES string of the molecule is Cc1ccc(NS(=O)(=O)c2n[nH]c(C)c2C(=O)NCc2cc(F)cc(F)c2)cc1. The van der Waals surface area contributed by atoms with Gasteiger partial charge in [0.25, 0.3) is 15.9 Å². The topological polar surface area (TPSA) is 104 Å². The van der Waals surface area contributed by atoms with Crippen LogP contribution in [0.4, 0.5) is 14.5 Å². The molecule has 7 nitrogen and oxygen atoms in total. The number of benzene rings is 2. The first-order valence-corrected chi connectivity index (χ1v) is 10.0. The summed E-state index contributed by atoms with van der Waals surface area (Å²) in [7, 11) is -4.15. The molecule has 0 saturated heterocycles. The third-order valence-corrected chi connectivity index (χ3v) is 5.38. The Bertz CT molecular complexity index is 1140. The van der Waals surface area contributed by atoms with Crippen molar-refractivity contribution >= 4 is 21.6 Å². The third kappa shape index (κ3) is 4.77. The van der Waals surface area contributed by atoms with Crippen molar-refractivity contribution in [2.45, 2.75) is 25.4 Å². The molecular formula is C19H18F2N4O3S. The van der Waals surface area contributed by atoms with Gasteiger partial charge in [-0.05, 0) is 43.7 Å². The number of H-pyrrole nitrogens is 1. The number of aromatic amines is 1. The highest BCUT2D eigenvalue weighted by Crippen LogP contribution is 2.20. The highest BCUT2D eigenvalue weighted by Gasteiger charge is 2.28. The summed E-state index contributed by atoms with van der Waals surface area (Å²) in [5.74, 6) is -2.30. The second-order valence-electron chi connectivity index (χ2n) is 6.46. The molecule has 29 heavy (non-hydrogen) atoms. The first-order valence-electron chi connectivity index (χ1n) is 8.53. The smallest absolute Gasteiger partial charge is 0.282 e. The third-order valence-electron chi connectivity index (χ3n) is 4.07. The van der Waals surface area contributed by atoms with Crippen molar-refractivity contribution in [2.24, 2.45) is 0 Å². The van der Waals surface area contributed by atoms with E-state index in [2.05, 4.69) is 20.2 Å². The van der Waals surface area contributed by atoms with Crippen molar-refractivity contribution in [1.29, 1.82) is 0 Å². The molecule has 2 aromatic carbocycles. The average Bonchev–Trinajstić information content (AvgIpc) is 3.03. The number of amides is 1. The van der Waals surface area contributed by atoms with Gasteiger partial charge in [-0.15, -0.1) is 0 Å². The number of anilines is 1. The molecule has 1 aromatic heterocycles. The van der Waals surface area contributed by atoms with Gasteiger partial charge in [0.05, 0.1) is 0 Å². The molecule has 3 rings (SSSR count). The van der Waals surface area contributed by atoms with Crippen LogP contribution in [0, 0.1) is 25.5 Å². The predicted molar refractivity (Wildman–Crippen MR) is 103 cm³/mol. The lowest BCUT2D eigenvalue weighted by Gasteiger charge is -2.09. The summed E-state index contributed by atoms with van der Waals surface area (Å²) in [6, 6.07) is 9.51. The molecule has 0 unspecified atom stereocenters. The Morgan fingerprint density at radius 3 is 2.31 bits per heavy atom. The average molecular weight is 420 g/mol. The van der Waals surface area contributed by atoms with E-state index in [1.165, 1.54) is 6.92 Å². The number of rotatable bonds is 6. The standard InChI is InChI=1S/C19H18F2N4O3S/c1-11-3-5-16(6-4-11)25-29(27,28)19-17(12(2)23-24-19)18(26)22-10-13-7-14(20)9-15(21)8-13/h3-9,25H,10H2,1-2H3,(H,22,26)(H,23,24). The van der Waals surface area contributed by atoms with Gasteiger partial charge >= 0.3 is 0 Å². The zero-order chi connectivity index (χ0) is 21.2. The second kappa shape index (κ2) is 8.00. The van der Waals surface area contributed by atoms with Crippen LogP contribution in [-0.2, 0) is 16.6 Å². The van der Waals surface area contributed by atoms with E-state index >= 15 is 0 Å². The van der Waals surface area contributed by atoms with E-state index in [1.54, 1.807) is 24.3 Å². The van der Waals surface area contributed by atoms with E-state index in [1.807, 2.05) is 6.92 Å². The Balaban J connectivity index is 1.82. The van der Waals surface area contributed by atoms with Crippen molar-refractivity contribution in [1.82, 2.24) is 15.5 Å². The molecule has 0 bridgehead atoms. The van der Waals surface area contributed by atoms with Gasteiger partial charge in [0.1, 0.15) is 17.2 Å². The molecule has 152 valence electrons. The zero-order valence-electron chi connectivity index (χ0n) is 15.6. The normalized spacial score (nSPS) is 11.3. The summed E-state index contributed by atoms with van der Waals surface area (Å²) < 4.78 is 54.4. The minimum atomic E-state index is -4.15. The number of nitrogens with zero attached hydrogens (tertiary/aromatic N) is 1. The van der Waals surface area contributed by atoms with E-state index in [4.69, 9.17) is 0 Å². The van der Waals surface area contributed by atoms with Crippen LogP contribution in [0.3, 0.4) is 0 Å². The maximum Gasteiger partial charge on any atom is 0.282 e. The van der Waals surface area contributed by atoms with Crippen LogP contribution >= 0.6 is 0 Å². The minimum Gasteiger partial charge on any atom is -0.348 e. The lowest BCUT2D eigenvalue weighted by Crippen LogP contribution is -2.26. The van der Waals surface area contributed by atoms with Crippen LogP contribution in [0.2, 0.25) is 0 Å². The number of halogens is 2. The molecule has 10 heteroatoms. The second-order valence-corrected chi connectivity index (χ2v) is 8.06. The van der Waals surface area contributed by atoms with Crippen LogP contribution < -0.4 is 10.0 Å². The zero-order valence-corrected chi connectivity index (χ0v) is 16.4. The van der Waals surface area contributed by atoms with Crippen molar-refractivity contribution in [3.8, 4) is 0 Å². The van der Waals surface area contributed by atoms with Gasteiger partial charge in [0.2, 0.25) is 5.03 Å². The maximum absolute atomic E-state index is 13.3. The molecule has 3 N–H and O–H groups in total. The van der Waals surface area contributed by atoms with Gasteiger partial charge in [-0.3, -0.25) is 14.6 Å². The number of carbonyl (C=O) groups is 1. The lowest BCUT2D eigenvalue weighted by atomic mass is 10.2. The summed E-state index contributed by atoms with van der Waals surface area (Å²) in [6.45, 7) is 3.17. The molecule has 3 aromatic rings. The van der Waals surface area contributed by atoms with Gasteiger partial charge in [-0.1, -0.05) is 17.7 Å². The first kappa shape index (κ1) is 20.5. The fraction of sp³-hybridized carbons (Fsp3) is 0.158. The fourth-order valence-corrected chi connectivity index (χ4v) is 3.90. The lowest BCUT2D eigenvalue weighted by molar-refractivity contribution is 0.0947. The van der Waals surface area contributed by atoms with Gasteiger partial charge in [0.15, 0.2) is 0 Å². The molecule has 0 radical (unpaired) electrons. The van der Waals surface area contributed by atoms with Crippen molar-refractivity contribution < 1.29 is 22.0 Å². The van der Waals surface area contributed by atoms with Crippen LogP contribution in [-0.4, -0.2) is 24.5 Å². The van der Waals surface area contributed by atoms with Crippen molar-refractivity contribution in [3.63, 3.8) is 0 Å². The maximum atomic E-state index is 13.3. The van der Waals surface area contributed by atoms with E-state index in [0.717, 1.165) is 17.7 Å².